The van der Waals surface area contributed by atoms with Crippen molar-refractivity contribution in [1.29, 1.82) is 10.7 Å². The lowest BCUT2D eigenvalue weighted by Gasteiger charge is -2.11. The summed E-state index contributed by atoms with van der Waals surface area (Å²) >= 11 is 0. The van der Waals surface area contributed by atoms with E-state index in [1.165, 1.54) is 6.08 Å². The Bertz CT molecular complexity index is 1020. The second-order valence-corrected chi connectivity index (χ2v) is 6.17. The van der Waals surface area contributed by atoms with E-state index >= 15 is 0 Å². The molecule has 0 aliphatic rings. The normalized spacial score (nSPS) is 10.5. The third kappa shape index (κ3) is 5.25. The van der Waals surface area contributed by atoms with Gasteiger partial charge >= 0.3 is 5.97 Å². The van der Waals surface area contributed by atoms with Crippen LogP contribution in [0.2, 0.25) is 0 Å². The minimum Gasteiger partial charge on any atom is -0.462 e. The number of Topliss-reactive ketones (excluding diaryl/α,β-unsaturated/α-hetero) is 1. The Balaban J connectivity index is 2.56. The van der Waals surface area contributed by atoms with Crippen molar-refractivity contribution in [3.63, 3.8) is 0 Å². The Kier molecular flexibility index (Phi) is 7.19. The van der Waals surface area contributed by atoms with Crippen LogP contribution in [0.15, 0.2) is 60.4 Å². The van der Waals surface area contributed by atoms with E-state index in [1.807, 2.05) is 43.1 Å². The summed E-state index contributed by atoms with van der Waals surface area (Å²) in [5.41, 5.74) is 1.67. The maximum absolute atomic E-state index is 13.2. The van der Waals surface area contributed by atoms with Crippen molar-refractivity contribution in [2.45, 2.75) is 6.92 Å². The number of nitrogens with one attached hydrogen (secondary N) is 1. The quantitative estimate of drug-likeness (QED) is 0.196. The summed E-state index contributed by atoms with van der Waals surface area (Å²) in [6.07, 6.45) is 4.66. The number of carbonyl (C=O) groups excluding carboxylic acids is 2. The molecule has 1 aromatic heterocycles. The van der Waals surface area contributed by atoms with Gasteiger partial charge in [-0.25, -0.2) is 4.79 Å². The number of carbonyl (C=O) groups is 2. The van der Waals surface area contributed by atoms with Crippen molar-refractivity contribution >= 4 is 29.0 Å². The molecule has 7 heteroatoms. The number of anilines is 1. The number of allylic oxidation sites excluding steroid dienone is 1. The van der Waals surface area contributed by atoms with E-state index in [-0.39, 0.29) is 23.7 Å². The number of ketones is 1. The van der Waals surface area contributed by atoms with Gasteiger partial charge in [0, 0.05) is 43.6 Å². The maximum atomic E-state index is 13.2. The van der Waals surface area contributed by atoms with Crippen LogP contribution in [0.5, 0.6) is 0 Å². The number of nitriles is 1. The largest absolute Gasteiger partial charge is 0.462 e. The number of rotatable bonds is 7. The van der Waals surface area contributed by atoms with Crippen molar-refractivity contribution in [2.24, 2.45) is 0 Å². The number of benzene rings is 1. The standard InChI is InChI=1S/C22H21N4O3/c1-4-29-22(28)18(15-24)13-20(26-11-9-19(10-12-26)25(2)3)21(27)17-7-5-16(14-23)6-8-17/h5-13,24H,4H2,1-3H3/q+1/b20-13-. The molecule has 0 saturated carbocycles. The van der Waals surface area contributed by atoms with Gasteiger partial charge in [-0.2, -0.15) is 9.83 Å². The Morgan fingerprint density at radius 3 is 2.28 bits per heavy atom. The van der Waals surface area contributed by atoms with E-state index in [4.69, 9.17) is 15.4 Å². The van der Waals surface area contributed by atoms with E-state index in [0.29, 0.717) is 11.1 Å². The van der Waals surface area contributed by atoms with Crippen LogP contribution in [0.3, 0.4) is 0 Å². The summed E-state index contributed by atoms with van der Waals surface area (Å²) < 4.78 is 6.49. The molecule has 29 heavy (non-hydrogen) atoms. The molecular weight excluding hydrogens is 368 g/mol. The van der Waals surface area contributed by atoms with Gasteiger partial charge in [-0.05, 0) is 37.1 Å². The summed E-state index contributed by atoms with van der Waals surface area (Å²) in [7, 11) is 3.80. The number of hydrogen-bond donors (Lipinski definition) is 1. The molecule has 0 bridgehead atoms. The molecule has 0 aliphatic heterocycles. The third-order valence-electron chi connectivity index (χ3n) is 4.03. The van der Waals surface area contributed by atoms with Crippen molar-refractivity contribution in [3.05, 3.63) is 71.6 Å². The second-order valence-electron chi connectivity index (χ2n) is 6.17. The van der Waals surface area contributed by atoms with Crippen molar-refractivity contribution in [2.75, 3.05) is 25.6 Å². The molecular formula is C22H21N4O3+. The van der Waals surface area contributed by atoms with Gasteiger partial charge < -0.3 is 9.64 Å². The van der Waals surface area contributed by atoms with E-state index in [2.05, 4.69) is 0 Å². The Morgan fingerprint density at radius 1 is 1.17 bits per heavy atom. The molecule has 1 heterocycles. The van der Waals surface area contributed by atoms with Gasteiger partial charge in [0.15, 0.2) is 12.4 Å². The van der Waals surface area contributed by atoms with Crippen LogP contribution in [-0.4, -0.2) is 38.3 Å². The number of hydrogen-bond acceptors (Lipinski definition) is 6. The first-order valence-electron chi connectivity index (χ1n) is 8.83. The minimum absolute atomic E-state index is 0.140. The zero-order valence-corrected chi connectivity index (χ0v) is 16.5. The van der Waals surface area contributed by atoms with Crippen LogP contribution in [-0.2, 0) is 9.53 Å². The number of esters is 1. The smallest absolute Gasteiger partial charge is 0.347 e. The topological polar surface area (TPSA) is 98.1 Å². The Morgan fingerprint density at radius 2 is 1.79 bits per heavy atom. The van der Waals surface area contributed by atoms with Gasteiger partial charge in [0.25, 0.3) is 11.5 Å². The SMILES string of the molecule is CCOC(=O)C(=C=N)/C=C(/C(=O)c1ccc(C#N)cc1)[n+]1ccc(N(C)C)cc1. The summed E-state index contributed by atoms with van der Waals surface area (Å²) in [5, 5.41) is 16.4. The molecule has 7 nitrogen and oxygen atoms in total. The van der Waals surface area contributed by atoms with E-state index in [1.54, 1.807) is 48.1 Å². The van der Waals surface area contributed by atoms with Crippen molar-refractivity contribution < 1.29 is 18.9 Å². The van der Waals surface area contributed by atoms with Crippen LogP contribution in [0.25, 0.3) is 5.70 Å². The number of pyridine rings is 1. The molecule has 0 saturated heterocycles. The molecule has 0 spiro atoms. The number of ether oxygens (including phenoxy) is 1. The molecule has 2 aromatic rings. The van der Waals surface area contributed by atoms with Gasteiger partial charge in [-0.3, -0.25) is 10.2 Å². The first-order chi connectivity index (χ1) is 13.9. The Hall–Kier alpha value is -4.01. The highest BCUT2D eigenvalue weighted by Crippen LogP contribution is 2.14. The lowest BCUT2D eigenvalue weighted by atomic mass is 10.0. The molecule has 1 aromatic carbocycles. The first-order valence-corrected chi connectivity index (χ1v) is 8.83. The number of nitrogens with zero attached hydrogens (tertiary/aromatic N) is 3. The van der Waals surface area contributed by atoms with Gasteiger partial charge in [-0.15, -0.1) is 0 Å². The van der Waals surface area contributed by atoms with E-state index < -0.39 is 5.97 Å². The molecule has 0 atom stereocenters. The molecule has 0 fully saturated rings. The van der Waals surface area contributed by atoms with Crippen LogP contribution in [0.1, 0.15) is 22.8 Å². The summed E-state index contributed by atoms with van der Waals surface area (Å²) in [5.74, 6) is 0.922. The van der Waals surface area contributed by atoms with Gasteiger partial charge in [0.2, 0.25) is 0 Å². The maximum Gasteiger partial charge on any atom is 0.347 e. The van der Waals surface area contributed by atoms with Crippen molar-refractivity contribution in [3.8, 4) is 6.07 Å². The Labute approximate surface area is 169 Å². The van der Waals surface area contributed by atoms with Crippen LogP contribution in [0, 0.1) is 16.7 Å². The van der Waals surface area contributed by atoms with Crippen molar-refractivity contribution in [1.82, 2.24) is 0 Å². The fraction of sp³-hybridized carbons (Fsp3) is 0.182. The highest BCUT2D eigenvalue weighted by Gasteiger charge is 2.24. The molecule has 146 valence electrons. The fourth-order valence-electron chi connectivity index (χ4n) is 2.47. The fourth-order valence-corrected chi connectivity index (χ4v) is 2.47. The highest BCUT2D eigenvalue weighted by molar-refractivity contribution is 6.23. The second kappa shape index (κ2) is 9.79. The molecule has 0 aliphatic carbocycles. The van der Waals surface area contributed by atoms with E-state index in [9.17, 15) is 9.59 Å². The van der Waals surface area contributed by atoms with Gasteiger partial charge in [0.1, 0.15) is 5.57 Å². The average Bonchev–Trinajstić information content (AvgIpc) is 2.74. The predicted octanol–water partition coefficient (Wildman–Crippen LogP) is 2.37. The lowest BCUT2D eigenvalue weighted by Crippen LogP contribution is -2.36. The monoisotopic (exact) mass is 389 g/mol. The van der Waals surface area contributed by atoms with E-state index in [0.717, 1.165) is 5.69 Å². The minimum atomic E-state index is -0.738. The average molecular weight is 389 g/mol. The third-order valence-corrected chi connectivity index (χ3v) is 4.03. The molecule has 0 radical (unpaired) electrons. The summed E-state index contributed by atoms with van der Waals surface area (Å²) in [6.45, 7) is 1.79. The first kappa shape index (κ1) is 21.3. The van der Waals surface area contributed by atoms with Gasteiger partial charge in [0.05, 0.1) is 18.2 Å². The summed E-state index contributed by atoms with van der Waals surface area (Å²) in [6, 6.07) is 11.8. The number of aromatic nitrogens is 1. The highest BCUT2D eigenvalue weighted by atomic mass is 16.5. The van der Waals surface area contributed by atoms with Crippen LogP contribution in [0.4, 0.5) is 5.69 Å². The van der Waals surface area contributed by atoms with Gasteiger partial charge in [-0.1, -0.05) is 0 Å². The lowest BCUT2D eigenvalue weighted by molar-refractivity contribution is -0.576. The zero-order valence-electron chi connectivity index (χ0n) is 16.5. The predicted molar refractivity (Wildman–Crippen MR) is 109 cm³/mol. The molecule has 2 rings (SSSR count). The molecule has 0 unspecified atom stereocenters. The van der Waals surface area contributed by atoms with Crippen LogP contribution < -0.4 is 9.47 Å². The van der Waals surface area contributed by atoms with Crippen LogP contribution >= 0.6 is 0 Å². The summed E-state index contributed by atoms with van der Waals surface area (Å²) in [4.78, 5) is 27.2. The molecule has 0 amide bonds. The zero-order chi connectivity index (χ0) is 21.4. The molecule has 1 N–H and O–H groups in total.